The van der Waals surface area contributed by atoms with Gasteiger partial charge in [-0.2, -0.15) is 0 Å². The maximum absolute atomic E-state index is 12.4. The minimum atomic E-state index is -0.652. The Morgan fingerprint density at radius 3 is 2.19 bits per heavy atom. The van der Waals surface area contributed by atoms with Gasteiger partial charge in [0, 0.05) is 5.69 Å². The molecule has 1 N–H and O–H groups in total. The van der Waals surface area contributed by atoms with Gasteiger partial charge in [-0.05, 0) is 42.2 Å². The maximum Gasteiger partial charge on any atom is 0.342 e. The first-order valence-electron chi connectivity index (χ1n) is 8.83. The fourth-order valence-corrected chi connectivity index (χ4v) is 2.76. The highest BCUT2D eigenvalue weighted by Gasteiger charge is 2.17. The number of aryl methyl sites for hydroxylation is 2. The van der Waals surface area contributed by atoms with Crippen molar-refractivity contribution in [3.8, 4) is 11.5 Å². The van der Waals surface area contributed by atoms with Crippen LogP contribution in [0.15, 0.2) is 36.4 Å². The molecule has 0 aliphatic heterocycles. The van der Waals surface area contributed by atoms with E-state index < -0.39 is 5.97 Å². The zero-order valence-electron chi connectivity index (χ0n) is 16.1. The summed E-state index contributed by atoms with van der Waals surface area (Å²) in [6.07, 6.45) is 1.59. The van der Waals surface area contributed by atoms with Gasteiger partial charge in [0.1, 0.15) is 17.1 Å². The number of hydrogen-bond donors (Lipinski definition) is 1. The van der Waals surface area contributed by atoms with Gasteiger partial charge in [0.25, 0.3) is 5.91 Å². The van der Waals surface area contributed by atoms with E-state index in [1.165, 1.54) is 20.3 Å². The number of amides is 1. The molecule has 2 aromatic rings. The number of nitrogens with one attached hydrogen (secondary N) is 1. The number of esters is 1. The Kier molecular flexibility index (Phi) is 7.23. The van der Waals surface area contributed by atoms with E-state index in [1.807, 2.05) is 32.0 Å². The molecule has 0 atom stereocenters. The van der Waals surface area contributed by atoms with Crippen molar-refractivity contribution < 1.29 is 23.8 Å². The van der Waals surface area contributed by atoms with Gasteiger partial charge >= 0.3 is 5.97 Å². The number of methoxy groups -OCH3 is 2. The van der Waals surface area contributed by atoms with Crippen LogP contribution in [-0.4, -0.2) is 32.7 Å². The van der Waals surface area contributed by atoms with Crippen molar-refractivity contribution >= 4 is 17.6 Å². The van der Waals surface area contributed by atoms with E-state index in [0.29, 0.717) is 11.5 Å². The summed E-state index contributed by atoms with van der Waals surface area (Å²) in [7, 11) is 2.96. The van der Waals surface area contributed by atoms with Crippen LogP contribution in [0.3, 0.4) is 0 Å². The van der Waals surface area contributed by atoms with E-state index in [9.17, 15) is 9.59 Å². The van der Waals surface area contributed by atoms with Gasteiger partial charge in [-0.15, -0.1) is 0 Å². The Morgan fingerprint density at radius 2 is 1.63 bits per heavy atom. The molecule has 2 aromatic carbocycles. The fraction of sp³-hybridized carbons (Fsp3) is 0.333. The number of hydrogen-bond acceptors (Lipinski definition) is 5. The Labute approximate surface area is 159 Å². The molecule has 0 radical (unpaired) electrons. The van der Waals surface area contributed by atoms with Gasteiger partial charge in [0.15, 0.2) is 6.61 Å². The molecule has 6 heteroatoms. The third kappa shape index (κ3) is 5.00. The van der Waals surface area contributed by atoms with Crippen molar-refractivity contribution in [2.75, 3.05) is 26.1 Å². The van der Waals surface area contributed by atoms with Crippen LogP contribution in [0.25, 0.3) is 0 Å². The summed E-state index contributed by atoms with van der Waals surface area (Å²) in [6.45, 7) is 3.67. The molecule has 0 heterocycles. The molecule has 27 heavy (non-hydrogen) atoms. The molecule has 0 bridgehead atoms. The quantitative estimate of drug-likeness (QED) is 0.718. The zero-order valence-corrected chi connectivity index (χ0v) is 16.1. The second-order valence-electron chi connectivity index (χ2n) is 5.85. The highest BCUT2D eigenvalue weighted by atomic mass is 16.5. The maximum atomic E-state index is 12.4. The molecular weight excluding hydrogens is 346 g/mol. The van der Waals surface area contributed by atoms with Crippen molar-refractivity contribution in [1.29, 1.82) is 0 Å². The molecule has 0 spiro atoms. The van der Waals surface area contributed by atoms with Crippen LogP contribution in [-0.2, 0) is 22.4 Å². The van der Waals surface area contributed by atoms with Crippen LogP contribution in [0, 0.1) is 0 Å². The number of carbonyl (C=O) groups is 2. The van der Waals surface area contributed by atoms with E-state index in [-0.39, 0.29) is 18.1 Å². The summed E-state index contributed by atoms with van der Waals surface area (Å²) in [6, 6.07) is 10.7. The summed E-state index contributed by atoms with van der Waals surface area (Å²) < 4.78 is 15.5. The van der Waals surface area contributed by atoms with Gasteiger partial charge in [0.05, 0.1) is 14.2 Å². The Balaban J connectivity index is 2.07. The lowest BCUT2D eigenvalue weighted by molar-refractivity contribution is -0.119. The second kappa shape index (κ2) is 9.62. The van der Waals surface area contributed by atoms with Gasteiger partial charge in [-0.3, -0.25) is 4.79 Å². The molecule has 0 aliphatic carbocycles. The predicted molar refractivity (Wildman–Crippen MR) is 104 cm³/mol. The molecule has 0 unspecified atom stereocenters. The van der Waals surface area contributed by atoms with Crippen LogP contribution in [0.5, 0.6) is 11.5 Å². The first kappa shape index (κ1) is 20.3. The van der Waals surface area contributed by atoms with Crippen molar-refractivity contribution in [2.45, 2.75) is 26.7 Å². The lowest BCUT2D eigenvalue weighted by Gasteiger charge is -2.15. The normalized spacial score (nSPS) is 10.2. The third-order valence-corrected chi connectivity index (χ3v) is 4.22. The Bertz CT molecular complexity index is 794. The number of rotatable bonds is 8. The van der Waals surface area contributed by atoms with Crippen molar-refractivity contribution in [3.05, 3.63) is 53.1 Å². The monoisotopic (exact) mass is 371 g/mol. The fourth-order valence-electron chi connectivity index (χ4n) is 2.76. The van der Waals surface area contributed by atoms with Crippen LogP contribution in [0.4, 0.5) is 5.69 Å². The molecule has 6 nitrogen and oxygen atoms in total. The highest BCUT2D eigenvalue weighted by Crippen LogP contribution is 2.25. The van der Waals surface area contributed by atoms with Crippen LogP contribution in [0.1, 0.15) is 35.3 Å². The number of anilines is 1. The molecular formula is C21H25NO5. The molecule has 1 amide bonds. The average Bonchev–Trinajstić information content (AvgIpc) is 2.71. The number of benzene rings is 2. The number of para-hydroxylation sites is 1. The minimum absolute atomic E-state index is 0.202. The molecule has 2 rings (SSSR count). The summed E-state index contributed by atoms with van der Waals surface area (Å²) in [4.78, 5) is 24.7. The van der Waals surface area contributed by atoms with Crippen LogP contribution >= 0.6 is 0 Å². The number of carbonyl (C=O) groups excluding carboxylic acids is 2. The summed E-state index contributed by atoms with van der Waals surface area (Å²) in [5, 5.41) is 2.87. The molecule has 0 saturated heterocycles. The first-order valence-corrected chi connectivity index (χ1v) is 8.83. The molecule has 0 fully saturated rings. The van der Waals surface area contributed by atoms with E-state index in [4.69, 9.17) is 14.2 Å². The average molecular weight is 371 g/mol. The van der Waals surface area contributed by atoms with Gasteiger partial charge in [0.2, 0.25) is 0 Å². The van der Waals surface area contributed by atoms with Gasteiger partial charge in [-0.1, -0.05) is 32.0 Å². The van der Waals surface area contributed by atoms with Crippen molar-refractivity contribution in [3.63, 3.8) is 0 Å². The lowest BCUT2D eigenvalue weighted by Crippen LogP contribution is -2.22. The molecule has 0 aliphatic rings. The van der Waals surface area contributed by atoms with Gasteiger partial charge in [-0.25, -0.2) is 4.79 Å². The minimum Gasteiger partial charge on any atom is -0.497 e. The topological polar surface area (TPSA) is 73.9 Å². The van der Waals surface area contributed by atoms with E-state index >= 15 is 0 Å². The van der Waals surface area contributed by atoms with Crippen molar-refractivity contribution in [2.24, 2.45) is 0 Å². The molecule has 0 aromatic heterocycles. The smallest absolute Gasteiger partial charge is 0.342 e. The zero-order chi connectivity index (χ0) is 19.8. The first-order chi connectivity index (χ1) is 13.0. The van der Waals surface area contributed by atoms with E-state index in [2.05, 4.69) is 5.32 Å². The number of ether oxygens (including phenoxy) is 3. The lowest BCUT2D eigenvalue weighted by atomic mass is 10.0. The van der Waals surface area contributed by atoms with Crippen LogP contribution in [0.2, 0.25) is 0 Å². The van der Waals surface area contributed by atoms with E-state index in [0.717, 1.165) is 29.7 Å². The summed E-state index contributed by atoms with van der Waals surface area (Å²) in [5.41, 5.74) is 3.09. The summed E-state index contributed by atoms with van der Waals surface area (Å²) in [5.74, 6) is -0.191. The Morgan fingerprint density at radius 1 is 0.963 bits per heavy atom. The predicted octanol–water partition coefficient (Wildman–Crippen LogP) is 3.62. The Hall–Kier alpha value is -3.02. The van der Waals surface area contributed by atoms with E-state index in [1.54, 1.807) is 12.1 Å². The summed E-state index contributed by atoms with van der Waals surface area (Å²) >= 11 is 0. The standard InChI is InChI=1S/C21H25NO5/c1-5-14-8-7-9-15(6-2)20(14)22-19(23)13-27-21(24)17-12-16(25-3)10-11-18(17)26-4/h7-12H,5-6,13H2,1-4H3,(H,22,23). The third-order valence-electron chi connectivity index (χ3n) is 4.22. The highest BCUT2D eigenvalue weighted by molar-refractivity contribution is 5.97. The largest absolute Gasteiger partial charge is 0.497 e. The SMILES string of the molecule is CCc1cccc(CC)c1NC(=O)COC(=O)c1cc(OC)ccc1OC. The van der Waals surface area contributed by atoms with Gasteiger partial charge < -0.3 is 19.5 Å². The van der Waals surface area contributed by atoms with Crippen LogP contribution < -0.4 is 14.8 Å². The second-order valence-corrected chi connectivity index (χ2v) is 5.85. The van der Waals surface area contributed by atoms with Crippen molar-refractivity contribution in [1.82, 2.24) is 0 Å². The molecule has 144 valence electrons. The molecule has 0 saturated carbocycles.